The molecule has 0 spiro atoms. The van der Waals surface area contributed by atoms with Crippen LogP contribution in [0.2, 0.25) is 5.02 Å². The standard InChI is InChI=1S/C16H25ClN2/c1-4-10-18-12(2)15-9-8-14(11-16(15)17)19(3)13-6-5-7-13/h8-9,11-13,18H,4-7,10H2,1-3H3. The molecule has 0 aromatic heterocycles. The molecule has 2 nitrogen and oxygen atoms in total. The molecule has 19 heavy (non-hydrogen) atoms. The van der Waals surface area contributed by atoms with Crippen LogP contribution in [0.5, 0.6) is 0 Å². The Balaban J connectivity index is 2.07. The van der Waals surface area contributed by atoms with E-state index in [1.54, 1.807) is 0 Å². The van der Waals surface area contributed by atoms with Gasteiger partial charge in [-0.2, -0.15) is 0 Å². The Morgan fingerprint density at radius 2 is 2.16 bits per heavy atom. The average Bonchev–Trinajstić information content (AvgIpc) is 2.33. The lowest BCUT2D eigenvalue weighted by molar-refractivity contribution is 0.401. The fourth-order valence-electron chi connectivity index (χ4n) is 2.54. The third kappa shape index (κ3) is 3.43. The summed E-state index contributed by atoms with van der Waals surface area (Å²) in [6.07, 6.45) is 5.12. The van der Waals surface area contributed by atoms with E-state index in [4.69, 9.17) is 11.6 Å². The van der Waals surface area contributed by atoms with Gasteiger partial charge in [-0.25, -0.2) is 0 Å². The van der Waals surface area contributed by atoms with E-state index in [1.807, 2.05) is 0 Å². The Morgan fingerprint density at radius 3 is 2.68 bits per heavy atom. The number of nitrogens with zero attached hydrogens (tertiary/aromatic N) is 1. The smallest absolute Gasteiger partial charge is 0.0474 e. The third-order valence-corrected chi connectivity index (χ3v) is 4.51. The van der Waals surface area contributed by atoms with Crippen LogP contribution in [0.1, 0.15) is 51.1 Å². The van der Waals surface area contributed by atoms with Crippen molar-refractivity contribution in [2.75, 3.05) is 18.5 Å². The van der Waals surface area contributed by atoms with Gasteiger partial charge in [0.15, 0.2) is 0 Å². The summed E-state index contributed by atoms with van der Waals surface area (Å²) in [7, 11) is 2.17. The highest BCUT2D eigenvalue weighted by Crippen LogP contribution is 2.32. The molecule has 1 aliphatic rings. The number of benzene rings is 1. The van der Waals surface area contributed by atoms with Crippen molar-refractivity contribution < 1.29 is 0 Å². The lowest BCUT2D eigenvalue weighted by Crippen LogP contribution is -2.37. The molecule has 0 radical (unpaired) electrons. The molecule has 1 aliphatic carbocycles. The third-order valence-electron chi connectivity index (χ3n) is 4.18. The molecule has 0 amide bonds. The molecule has 0 heterocycles. The molecule has 1 saturated carbocycles. The van der Waals surface area contributed by atoms with E-state index in [1.165, 1.54) is 30.5 Å². The maximum Gasteiger partial charge on any atom is 0.0474 e. The van der Waals surface area contributed by atoms with Crippen molar-refractivity contribution in [2.45, 2.75) is 51.6 Å². The Hall–Kier alpha value is -0.730. The predicted octanol–water partition coefficient (Wildman–Crippen LogP) is 4.39. The van der Waals surface area contributed by atoms with E-state index in [9.17, 15) is 0 Å². The maximum atomic E-state index is 6.45. The maximum absolute atomic E-state index is 6.45. The minimum atomic E-state index is 0.315. The predicted molar refractivity (Wildman–Crippen MR) is 84.2 cm³/mol. The lowest BCUT2D eigenvalue weighted by atomic mass is 9.91. The summed E-state index contributed by atoms with van der Waals surface area (Å²) in [6.45, 7) is 5.38. The molecule has 106 valence electrons. The second-order valence-electron chi connectivity index (χ2n) is 5.58. The van der Waals surface area contributed by atoms with E-state index in [0.717, 1.165) is 18.0 Å². The first-order valence-electron chi connectivity index (χ1n) is 7.39. The van der Waals surface area contributed by atoms with Gasteiger partial charge >= 0.3 is 0 Å². The van der Waals surface area contributed by atoms with Crippen molar-refractivity contribution in [3.8, 4) is 0 Å². The highest BCUT2D eigenvalue weighted by atomic mass is 35.5. The zero-order valence-corrected chi connectivity index (χ0v) is 13.0. The Labute approximate surface area is 122 Å². The highest BCUT2D eigenvalue weighted by molar-refractivity contribution is 6.31. The SMILES string of the molecule is CCCNC(C)c1ccc(N(C)C2CCC2)cc1Cl. The van der Waals surface area contributed by atoms with Gasteiger partial charge in [-0.3, -0.25) is 0 Å². The molecule has 1 fully saturated rings. The molecule has 3 heteroatoms. The molecule has 1 aromatic rings. The van der Waals surface area contributed by atoms with Crippen molar-refractivity contribution in [1.29, 1.82) is 0 Å². The summed E-state index contributed by atoms with van der Waals surface area (Å²) in [5.41, 5.74) is 2.43. The first kappa shape index (κ1) is 14.7. The lowest BCUT2D eigenvalue weighted by Gasteiger charge is -2.36. The van der Waals surface area contributed by atoms with E-state index < -0.39 is 0 Å². The fourth-order valence-corrected chi connectivity index (χ4v) is 2.88. The second-order valence-corrected chi connectivity index (χ2v) is 5.98. The van der Waals surface area contributed by atoms with Gasteiger partial charge in [-0.05, 0) is 56.8 Å². The second kappa shape index (κ2) is 6.62. The normalized spacial score (nSPS) is 17.1. The van der Waals surface area contributed by atoms with Gasteiger partial charge < -0.3 is 10.2 Å². The van der Waals surface area contributed by atoms with Crippen molar-refractivity contribution in [3.05, 3.63) is 28.8 Å². The number of rotatable bonds is 6. The van der Waals surface area contributed by atoms with Gasteiger partial charge in [0.25, 0.3) is 0 Å². The van der Waals surface area contributed by atoms with Crippen LogP contribution >= 0.6 is 11.6 Å². The quantitative estimate of drug-likeness (QED) is 0.831. The van der Waals surface area contributed by atoms with Crippen molar-refractivity contribution in [3.63, 3.8) is 0 Å². The molecular formula is C16H25ClN2. The zero-order valence-electron chi connectivity index (χ0n) is 12.2. The number of anilines is 1. The first-order chi connectivity index (χ1) is 9.13. The van der Waals surface area contributed by atoms with E-state index >= 15 is 0 Å². The van der Waals surface area contributed by atoms with Crippen molar-refractivity contribution in [1.82, 2.24) is 5.32 Å². The van der Waals surface area contributed by atoms with Gasteiger partial charge in [0.2, 0.25) is 0 Å². The van der Waals surface area contributed by atoms with Crippen LogP contribution in [0.25, 0.3) is 0 Å². The molecule has 2 rings (SSSR count). The number of hydrogen-bond acceptors (Lipinski definition) is 2. The average molecular weight is 281 g/mol. The topological polar surface area (TPSA) is 15.3 Å². The van der Waals surface area contributed by atoms with Crippen LogP contribution in [0, 0.1) is 0 Å². The van der Waals surface area contributed by atoms with E-state index in [0.29, 0.717) is 12.1 Å². The van der Waals surface area contributed by atoms with E-state index in [2.05, 4.69) is 49.3 Å². The minimum Gasteiger partial charge on any atom is -0.372 e. The Bertz CT molecular complexity index is 415. The largest absolute Gasteiger partial charge is 0.372 e. The highest BCUT2D eigenvalue weighted by Gasteiger charge is 2.22. The number of nitrogens with one attached hydrogen (secondary N) is 1. The monoisotopic (exact) mass is 280 g/mol. The van der Waals surface area contributed by atoms with Crippen molar-refractivity contribution in [2.24, 2.45) is 0 Å². The van der Waals surface area contributed by atoms with Crippen LogP contribution in [0.3, 0.4) is 0 Å². The zero-order chi connectivity index (χ0) is 13.8. The number of hydrogen-bond donors (Lipinski definition) is 1. The molecule has 1 atom stereocenters. The summed E-state index contributed by atoms with van der Waals surface area (Å²) >= 11 is 6.45. The van der Waals surface area contributed by atoms with Gasteiger partial charge in [-0.1, -0.05) is 24.6 Å². The molecule has 1 N–H and O–H groups in total. The van der Waals surface area contributed by atoms with Crippen molar-refractivity contribution >= 4 is 17.3 Å². The summed E-state index contributed by atoms with van der Waals surface area (Å²) in [5, 5.41) is 4.36. The minimum absolute atomic E-state index is 0.315. The van der Waals surface area contributed by atoms with Crippen LogP contribution < -0.4 is 10.2 Å². The fraction of sp³-hybridized carbons (Fsp3) is 0.625. The molecule has 0 bridgehead atoms. The van der Waals surface area contributed by atoms with Gasteiger partial charge in [0.05, 0.1) is 0 Å². The molecule has 0 aliphatic heterocycles. The van der Waals surface area contributed by atoms with Crippen LogP contribution in [0.4, 0.5) is 5.69 Å². The summed E-state index contributed by atoms with van der Waals surface area (Å²) in [5.74, 6) is 0. The van der Waals surface area contributed by atoms with E-state index in [-0.39, 0.29) is 0 Å². The molecular weight excluding hydrogens is 256 g/mol. The van der Waals surface area contributed by atoms with Gasteiger partial charge in [0, 0.05) is 29.8 Å². The Kier molecular flexibility index (Phi) is 5.12. The van der Waals surface area contributed by atoms with Crippen LogP contribution in [-0.4, -0.2) is 19.6 Å². The molecule has 0 saturated heterocycles. The number of halogens is 1. The first-order valence-corrected chi connectivity index (χ1v) is 7.77. The molecule has 1 aromatic carbocycles. The summed E-state index contributed by atoms with van der Waals surface area (Å²) in [4.78, 5) is 2.36. The summed E-state index contributed by atoms with van der Waals surface area (Å²) < 4.78 is 0. The summed E-state index contributed by atoms with van der Waals surface area (Å²) in [6, 6.07) is 7.50. The molecule has 1 unspecified atom stereocenters. The Morgan fingerprint density at radius 1 is 1.42 bits per heavy atom. The van der Waals surface area contributed by atoms with Crippen LogP contribution in [-0.2, 0) is 0 Å². The van der Waals surface area contributed by atoms with Gasteiger partial charge in [0.1, 0.15) is 0 Å². The van der Waals surface area contributed by atoms with Crippen LogP contribution in [0.15, 0.2) is 18.2 Å². The van der Waals surface area contributed by atoms with Gasteiger partial charge in [-0.15, -0.1) is 0 Å².